The number of amides is 2. The SMILES string of the molecule is COc1ccc(Cl)c(N2Cc3cnc(NC4CCC(N)CC4)nc3N(C3CC3)C2=O)c1F. The lowest BCUT2D eigenvalue weighted by Gasteiger charge is -2.37. The number of hydrogen-bond donors (Lipinski definition) is 2. The third kappa shape index (κ3) is 3.84. The first-order chi connectivity index (χ1) is 15.5. The van der Waals surface area contributed by atoms with Crippen LogP contribution < -0.4 is 25.6 Å². The van der Waals surface area contributed by atoms with Gasteiger partial charge in [-0.15, -0.1) is 0 Å². The number of rotatable bonds is 5. The Labute approximate surface area is 190 Å². The first kappa shape index (κ1) is 21.2. The van der Waals surface area contributed by atoms with Crippen molar-refractivity contribution in [3.05, 3.63) is 34.7 Å². The van der Waals surface area contributed by atoms with Crippen LogP contribution in [0.25, 0.3) is 0 Å². The highest BCUT2D eigenvalue weighted by Crippen LogP contribution is 2.42. The van der Waals surface area contributed by atoms with E-state index >= 15 is 4.39 Å². The Kier molecular flexibility index (Phi) is 5.54. The molecule has 2 saturated carbocycles. The van der Waals surface area contributed by atoms with E-state index in [1.807, 2.05) is 0 Å². The number of nitrogens with two attached hydrogens (primary N) is 1. The van der Waals surface area contributed by atoms with Crippen LogP contribution >= 0.6 is 11.6 Å². The zero-order valence-electron chi connectivity index (χ0n) is 17.9. The van der Waals surface area contributed by atoms with Gasteiger partial charge in [0.15, 0.2) is 11.6 Å². The van der Waals surface area contributed by atoms with E-state index in [2.05, 4.69) is 10.3 Å². The number of nitrogens with one attached hydrogen (secondary N) is 1. The minimum atomic E-state index is -0.665. The minimum Gasteiger partial charge on any atom is -0.494 e. The van der Waals surface area contributed by atoms with Crippen molar-refractivity contribution in [3.8, 4) is 5.75 Å². The highest BCUT2D eigenvalue weighted by atomic mass is 35.5. The molecule has 0 bridgehead atoms. The van der Waals surface area contributed by atoms with Crippen molar-refractivity contribution in [1.29, 1.82) is 0 Å². The number of ether oxygens (including phenoxy) is 1. The second kappa shape index (κ2) is 8.37. The Morgan fingerprint density at radius 2 is 1.97 bits per heavy atom. The van der Waals surface area contributed by atoms with Gasteiger partial charge in [0.25, 0.3) is 0 Å². The molecule has 2 aromatic rings. The van der Waals surface area contributed by atoms with Crippen LogP contribution in [-0.2, 0) is 6.54 Å². The van der Waals surface area contributed by atoms with Crippen LogP contribution in [0.3, 0.4) is 0 Å². The van der Waals surface area contributed by atoms with Crippen LogP contribution in [-0.4, -0.2) is 41.2 Å². The number of aromatic nitrogens is 2. The number of anilines is 3. The van der Waals surface area contributed by atoms with Crippen LogP contribution in [0, 0.1) is 5.82 Å². The molecule has 1 aromatic carbocycles. The maximum Gasteiger partial charge on any atom is 0.330 e. The molecule has 0 radical (unpaired) electrons. The number of fused-ring (bicyclic) bond motifs is 1. The average molecular weight is 461 g/mol. The van der Waals surface area contributed by atoms with Crippen molar-refractivity contribution in [1.82, 2.24) is 9.97 Å². The van der Waals surface area contributed by atoms with E-state index in [9.17, 15) is 4.79 Å². The van der Waals surface area contributed by atoms with Gasteiger partial charge in [-0.05, 0) is 50.7 Å². The van der Waals surface area contributed by atoms with Crippen molar-refractivity contribution in [2.45, 2.75) is 63.2 Å². The number of hydrogen-bond acceptors (Lipinski definition) is 6. The van der Waals surface area contributed by atoms with Crippen molar-refractivity contribution >= 4 is 35.1 Å². The Hall–Kier alpha value is -2.65. The molecule has 3 aliphatic rings. The number of carbonyl (C=O) groups excluding carboxylic acids is 1. The Balaban J connectivity index is 1.47. The molecule has 32 heavy (non-hydrogen) atoms. The number of benzene rings is 1. The van der Waals surface area contributed by atoms with E-state index in [0.29, 0.717) is 11.8 Å². The fourth-order valence-corrected chi connectivity index (χ4v) is 4.70. The second-order valence-corrected chi connectivity index (χ2v) is 9.09. The van der Waals surface area contributed by atoms with Gasteiger partial charge in [0.1, 0.15) is 11.5 Å². The van der Waals surface area contributed by atoms with Crippen LogP contribution in [0.15, 0.2) is 18.3 Å². The number of halogens is 2. The molecule has 170 valence electrons. The summed E-state index contributed by atoms with van der Waals surface area (Å²) in [5, 5.41) is 3.54. The summed E-state index contributed by atoms with van der Waals surface area (Å²) in [6, 6.07) is 3.19. The molecule has 2 aliphatic carbocycles. The smallest absolute Gasteiger partial charge is 0.330 e. The molecule has 0 spiro atoms. The van der Waals surface area contributed by atoms with Gasteiger partial charge in [-0.25, -0.2) is 14.2 Å². The standard InChI is InChI=1S/C22H26ClFN6O2/c1-32-17-9-8-16(23)19(18(17)24)29-11-12-10-26-21(27-14-4-2-13(25)3-5-14)28-20(12)30(22(29)31)15-6-7-15/h8-10,13-15H,2-7,11,25H2,1H3,(H,26,27,28). The fourth-order valence-electron chi connectivity index (χ4n) is 4.46. The van der Waals surface area contributed by atoms with Crippen LogP contribution in [0.5, 0.6) is 5.75 Å². The van der Waals surface area contributed by atoms with Crippen LogP contribution in [0.2, 0.25) is 5.02 Å². The van der Waals surface area contributed by atoms with Gasteiger partial charge in [0.2, 0.25) is 5.95 Å². The van der Waals surface area contributed by atoms with Gasteiger partial charge in [-0.1, -0.05) is 11.6 Å². The first-order valence-corrected chi connectivity index (χ1v) is 11.3. The second-order valence-electron chi connectivity index (χ2n) is 8.68. The highest BCUT2D eigenvalue weighted by Gasteiger charge is 2.43. The average Bonchev–Trinajstić information content (AvgIpc) is 3.61. The van der Waals surface area contributed by atoms with Gasteiger partial charge < -0.3 is 15.8 Å². The zero-order chi connectivity index (χ0) is 22.4. The lowest BCUT2D eigenvalue weighted by atomic mass is 9.92. The van der Waals surface area contributed by atoms with Gasteiger partial charge in [-0.3, -0.25) is 9.80 Å². The lowest BCUT2D eigenvalue weighted by Crippen LogP contribution is -2.49. The molecule has 0 atom stereocenters. The monoisotopic (exact) mass is 460 g/mol. The summed E-state index contributed by atoms with van der Waals surface area (Å²) < 4.78 is 20.2. The molecule has 2 amide bonds. The minimum absolute atomic E-state index is 0.00747. The molecule has 2 fully saturated rings. The van der Waals surface area contributed by atoms with Gasteiger partial charge in [0, 0.05) is 29.9 Å². The number of nitrogens with zero attached hydrogens (tertiary/aromatic N) is 4. The van der Waals surface area contributed by atoms with Crippen molar-refractivity contribution in [2.75, 3.05) is 22.2 Å². The zero-order valence-corrected chi connectivity index (χ0v) is 18.6. The van der Waals surface area contributed by atoms with E-state index in [-0.39, 0.29) is 47.2 Å². The van der Waals surface area contributed by atoms with E-state index in [1.165, 1.54) is 24.1 Å². The predicted octanol–water partition coefficient (Wildman–Crippen LogP) is 4.07. The maximum absolute atomic E-state index is 15.1. The summed E-state index contributed by atoms with van der Waals surface area (Å²) in [5.74, 6) is 0.450. The molecule has 10 heteroatoms. The Morgan fingerprint density at radius 1 is 1.22 bits per heavy atom. The van der Waals surface area contributed by atoms with Crippen molar-refractivity contribution in [3.63, 3.8) is 0 Å². The topological polar surface area (TPSA) is 96.6 Å². The highest BCUT2D eigenvalue weighted by molar-refractivity contribution is 6.34. The quantitative estimate of drug-likeness (QED) is 0.698. The molecule has 8 nitrogen and oxygen atoms in total. The summed E-state index contributed by atoms with van der Waals surface area (Å²) in [6.45, 7) is 0.125. The Bertz CT molecular complexity index is 1040. The molecule has 1 aromatic heterocycles. The summed E-state index contributed by atoms with van der Waals surface area (Å²) in [4.78, 5) is 25.7. The van der Waals surface area contributed by atoms with Gasteiger partial charge in [-0.2, -0.15) is 4.98 Å². The van der Waals surface area contributed by atoms with Crippen LogP contribution in [0.4, 0.5) is 26.6 Å². The molecular weight excluding hydrogens is 435 g/mol. The third-order valence-electron chi connectivity index (χ3n) is 6.37. The molecule has 5 rings (SSSR count). The van der Waals surface area contributed by atoms with Crippen LogP contribution in [0.1, 0.15) is 44.1 Å². The predicted molar refractivity (Wildman–Crippen MR) is 121 cm³/mol. The molecule has 0 unspecified atom stereocenters. The number of carbonyl (C=O) groups is 1. The molecule has 2 heterocycles. The van der Waals surface area contributed by atoms with E-state index in [0.717, 1.165) is 44.1 Å². The summed E-state index contributed by atoms with van der Waals surface area (Å²) in [7, 11) is 1.38. The number of urea groups is 1. The maximum atomic E-state index is 15.1. The largest absolute Gasteiger partial charge is 0.494 e. The lowest BCUT2D eigenvalue weighted by molar-refractivity contribution is 0.249. The third-order valence-corrected chi connectivity index (χ3v) is 6.68. The van der Waals surface area contributed by atoms with Gasteiger partial charge in [0.05, 0.1) is 18.7 Å². The molecule has 3 N–H and O–H groups in total. The van der Waals surface area contributed by atoms with E-state index in [4.69, 9.17) is 27.1 Å². The van der Waals surface area contributed by atoms with Crippen molar-refractivity contribution in [2.24, 2.45) is 5.73 Å². The first-order valence-electron chi connectivity index (χ1n) is 11.0. The summed E-state index contributed by atoms with van der Waals surface area (Å²) in [5.41, 5.74) is 6.75. The Morgan fingerprint density at radius 3 is 2.66 bits per heavy atom. The van der Waals surface area contributed by atoms with Gasteiger partial charge >= 0.3 is 6.03 Å². The fraction of sp³-hybridized carbons (Fsp3) is 0.500. The normalized spacial score (nSPS) is 23.2. The van der Waals surface area contributed by atoms with Crippen molar-refractivity contribution < 1.29 is 13.9 Å². The number of methoxy groups -OCH3 is 1. The molecular formula is C22H26ClFN6O2. The molecule has 0 saturated heterocycles. The van der Waals surface area contributed by atoms with E-state index < -0.39 is 5.82 Å². The summed E-state index contributed by atoms with van der Waals surface area (Å²) in [6.07, 6.45) is 7.33. The summed E-state index contributed by atoms with van der Waals surface area (Å²) >= 11 is 6.31. The molecule has 1 aliphatic heterocycles. The van der Waals surface area contributed by atoms with E-state index in [1.54, 1.807) is 11.1 Å².